The van der Waals surface area contributed by atoms with E-state index in [-0.39, 0.29) is 5.91 Å². The van der Waals surface area contributed by atoms with Crippen LogP contribution in [0.1, 0.15) is 37.8 Å². The summed E-state index contributed by atoms with van der Waals surface area (Å²) in [5, 5.41) is 9.57. The second-order valence-electron chi connectivity index (χ2n) is 6.36. The van der Waals surface area contributed by atoms with E-state index in [1.165, 1.54) is 5.56 Å². The van der Waals surface area contributed by atoms with Gasteiger partial charge in [-0.1, -0.05) is 49.4 Å². The lowest BCUT2D eigenvalue weighted by Gasteiger charge is -2.12. The van der Waals surface area contributed by atoms with Gasteiger partial charge in [-0.3, -0.25) is 4.79 Å². The lowest BCUT2D eigenvalue weighted by molar-refractivity contribution is -0.116. The molecule has 3 N–H and O–H groups in total. The molecule has 2 aromatic rings. The van der Waals surface area contributed by atoms with E-state index in [2.05, 4.69) is 52.1 Å². The van der Waals surface area contributed by atoms with Crippen LogP contribution in [-0.2, 0) is 17.8 Å². The SMILES string of the molecule is CCCC(=O)Nc1cccc(CN=C(NCC)NCCc2ccccc2)c1. The summed E-state index contributed by atoms with van der Waals surface area (Å²) in [4.78, 5) is 16.4. The standard InChI is InChI=1S/C22H30N4O/c1-3-9-21(27)26-20-13-8-12-19(16-20)17-25-22(23-4-2)24-15-14-18-10-6-5-7-11-18/h5-8,10-13,16H,3-4,9,14-15,17H2,1-2H3,(H,26,27)(H2,23,24,25). The normalized spacial score (nSPS) is 11.1. The fourth-order valence-electron chi connectivity index (χ4n) is 2.68. The molecule has 2 rings (SSSR count). The molecule has 0 unspecified atom stereocenters. The molecule has 0 saturated carbocycles. The summed E-state index contributed by atoms with van der Waals surface area (Å²) in [5.41, 5.74) is 3.18. The summed E-state index contributed by atoms with van der Waals surface area (Å²) in [6, 6.07) is 18.3. The first-order valence-electron chi connectivity index (χ1n) is 9.66. The zero-order valence-corrected chi connectivity index (χ0v) is 16.3. The van der Waals surface area contributed by atoms with Gasteiger partial charge in [-0.05, 0) is 43.0 Å². The number of nitrogens with one attached hydrogen (secondary N) is 3. The highest BCUT2D eigenvalue weighted by molar-refractivity contribution is 5.90. The third kappa shape index (κ3) is 7.94. The number of hydrogen-bond donors (Lipinski definition) is 3. The van der Waals surface area contributed by atoms with Crippen LogP contribution in [0.15, 0.2) is 59.6 Å². The molecule has 0 fully saturated rings. The van der Waals surface area contributed by atoms with E-state index in [0.717, 1.165) is 43.1 Å². The number of carbonyl (C=O) groups is 1. The molecule has 0 bridgehead atoms. The molecule has 0 saturated heterocycles. The van der Waals surface area contributed by atoms with Gasteiger partial charge in [0.15, 0.2) is 5.96 Å². The molecule has 2 aromatic carbocycles. The molecule has 0 aliphatic carbocycles. The van der Waals surface area contributed by atoms with Crippen LogP contribution in [0.2, 0.25) is 0 Å². The summed E-state index contributed by atoms with van der Waals surface area (Å²) in [5.74, 6) is 0.850. The third-order valence-electron chi connectivity index (χ3n) is 4.00. The van der Waals surface area contributed by atoms with Crippen LogP contribution in [0.4, 0.5) is 5.69 Å². The summed E-state index contributed by atoms with van der Waals surface area (Å²) >= 11 is 0. The number of rotatable bonds is 9. The van der Waals surface area contributed by atoms with Crippen molar-refractivity contribution in [2.45, 2.75) is 39.7 Å². The van der Waals surface area contributed by atoms with Gasteiger partial charge in [0.25, 0.3) is 0 Å². The van der Waals surface area contributed by atoms with Gasteiger partial charge in [0.05, 0.1) is 6.54 Å². The maximum atomic E-state index is 11.8. The Balaban J connectivity index is 1.90. The maximum Gasteiger partial charge on any atom is 0.224 e. The quantitative estimate of drug-likeness (QED) is 0.468. The Morgan fingerprint density at radius 1 is 0.963 bits per heavy atom. The van der Waals surface area contributed by atoms with E-state index >= 15 is 0 Å². The molecule has 144 valence electrons. The van der Waals surface area contributed by atoms with Crippen molar-refractivity contribution in [3.8, 4) is 0 Å². The van der Waals surface area contributed by atoms with E-state index in [1.54, 1.807) is 0 Å². The first-order chi connectivity index (χ1) is 13.2. The highest BCUT2D eigenvalue weighted by atomic mass is 16.1. The molecule has 0 aromatic heterocycles. The molecule has 5 heteroatoms. The molecule has 0 heterocycles. The molecule has 1 amide bonds. The lowest BCUT2D eigenvalue weighted by Crippen LogP contribution is -2.38. The molecular weight excluding hydrogens is 336 g/mol. The predicted molar refractivity (Wildman–Crippen MR) is 113 cm³/mol. The van der Waals surface area contributed by atoms with E-state index in [0.29, 0.717) is 13.0 Å². The van der Waals surface area contributed by atoms with E-state index in [4.69, 9.17) is 0 Å². The molecule has 0 radical (unpaired) electrons. The number of nitrogens with zero attached hydrogens (tertiary/aromatic N) is 1. The zero-order chi connectivity index (χ0) is 19.3. The van der Waals surface area contributed by atoms with Gasteiger partial charge in [-0.2, -0.15) is 0 Å². The number of aliphatic imine (C=N–C) groups is 1. The smallest absolute Gasteiger partial charge is 0.224 e. The number of anilines is 1. The first-order valence-corrected chi connectivity index (χ1v) is 9.66. The average molecular weight is 367 g/mol. The van der Waals surface area contributed by atoms with Crippen LogP contribution in [0.5, 0.6) is 0 Å². The fraction of sp³-hybridized carbons (Fsp3) is 0.364. The predicted octanol–water partition coefficient (Wildman–Crippen LogP) is 3.72. The van der Waals surface area contributed by atoms with Crippen LogP contribution in [0.3, 0.4) is 0 Å². The molecule has 0 atom stereocenters. The molecule has 5 nitrogen and oxygen atoms in total. The Hall–Kier alpha value is -2.82. The monoisotopic (exact) mass is 366 g/mol. The number of amides is 1. The van der Waals surface area contributed by atoms with Gasteiger partial charge in [0, 0.05) is 25.2 Å². The van der Waals surface area contributed by atoms with Crippen molar-refractivity contribution < 1.29 is 4.79 Å². The highest BCUT2D eigenvalue weighted by Gasteiger charge is 2.02. The Bertz CT molecular complexity index is 728. The molecular formula is C22H30N4O. The summed E-state index contributed by atoms with van der Waals surface area (Å²) < 4.78 is 0. The van der Waals surface area contributed by atoms with Crippen molar-refractivity contribution in [2.24, 2.45) is 4.99 Å². The zero-order valence-electron chi connectivity index (χ0n) is 16.3. The van der Waals surface area contributed by atoms with Crippen molar-refractivity contribution >= 4 is 17.6 Å². The number of guanidine groups is 1. The minimum Gasteiger partial charge on any atom is -0.357 e. The van der Waals surface area contributed by atoms with Crippen molar-refractivity contribution in [1.82, 2.24) is 10.6 Å². The van der Waals surface area contributed by atoms with E-state index in [9.17, 15) is 4.79 Å². The van der Waals surface area contributed by atoms with E-state index < -0.39 is 0 Å². The van der Waals surface area contributed by atoms with Crippen LogP contribution < -0.4 is 16.0 Å². The first kappa shape index (κ1) is 20.5. The Kier molecular flexibility index (Phi) is 8.90. The highest BCUT2D eigenvalue weighted by Crippen LogP contribution is 2.12. The Morgan fingerprint density at radius 2 is 1.74 bits per heavy atom. The van der Waals surface area contributed by atoms with Gasteiger partial charge in [0.2, 0.25) is 5.91 Å². The lowest BCUT2D eigenvalue weighted by atomic mass is 10.1. The second-order valence-corrected chi connectivity index (χ2v) is 6.36. The Morgan fingerprint density at radius 3 is 2.48 bits per heavy atom. The molecule has 0 aliphatic rings. The van der Waals surface area contributed by atoms with Crippen molar-refractivity contribution in [3.05, 3.63) is 65.7 Å². The van der Waals surface area contributed by atoms with Crippen LogP contribution >= 0.6 is 0 Å². The largest absolute Gasteiger partial charge is 0.357 e. The fourth-order valence-corrected chi connectivity index (χ4v) is 2.68. The topological polar surface area (TPSA) is 65.5 Å². The minimum atomic E-state index is 0.0501. The number of hydrogen-bond acceptors (Lipinski definition) is 2. The molecule has 0 spiro atoms. The van der Waals surface area contributed by atoms with Crippen molar-refractivity contribution in [3.63, 3.8) is 0 Å². The van der Waals surface area contributed by atoms with Gasteiger partial charge >= 0.3 is 0 Å². The maximum absolute atomic E-state index is 11.8. The summed E-state index contributed by atoms with van der Waals surface area (Å²) in [6.07, 6.45) is 2.33. The van der Waals surface area contributed by atoms with Crippen LogP contribution in [-0.4, -0.2) is 25.0 Å². The van der Waals surface area contributed by atoms with Gasteiger partial charge in [0.1, 0.15) is 0 Å². The van der Waals surface area contributed by atoms with Gasteiger partial charge in [-0.15, -0.1) is 0 Å². The average Bonchev–Trinajstić information content (AvgIpc) is 2.67. The van der Waals surface area contributed by atoms with Crippen LogP contribution in [0, 0.1) is 0 Å². The molecule has 0 aliphatic heterocycles. The molecule has 27 heavy (non-hydrogen) atoms. The second kappa shape index (κ2) is 11.7. The summed E-state index contributed by atoms with van der Waals surface area (Å²) in [6.45, 7) is 6.24. The van der Waals surface area contributed by atoms with E-state index in [1.807, 2.05) is 37.3 Å². The van der Waals surface area contributed by atoms with Crippen molar-refractivity contribution in [2.75, 3.05) is 18.4 Å². The van der Waals surface area contributed by atoms with Gasteiger partial charge in [-0.25, -0.2) is 4.99 Å². The number of benzene rings is 2. The minimum absolute atomic E-state index is 0.0501. The third-order valence-corrected chi connectivity index (χ3v) is 4.00. The van der Waals surface area contributed by atoms with Crippen LogP contribution in [0.25, 0.3) is 0 Å². The van der Waals surface area contributed by atoms with Crippen molar-refractivity contribution in [1.29, 1.82) is 0 Å². The summed E-state index contributed by atoms with van der Waals surface area (Å²) in [7, 11) is 0. The number of carbonyl (C=O) groups excluding carboxylic acids is 1. The Labute approximate surface area is 162 Å². The van der Waals surface area contributed by atoms with Gasteiger partial charge < -0.3 is 16.0 Å².